The Morgan fingerprint density at radius 3 is 2.54 bits per heavy atom. The molecule has 3 rings (SSSR count). The monoisotopic (exact) mass is 342 g/mol. The first-order valence-corrected chi connectivity index (χ1v) is 9.09. The van der Waals surface area contributed by atoms with Gasteiger partial charge in [-0.3, -0.25) is 9.71 Å². The average Bonchev–Trinajstić information content (AvgIpc) is 2.57. The molecular formula is C18H18N2O3S. The Labute approximate surface area is 141 Å². The molecule has 5 nitrogen and oxygen atoms in total. The number of anilines is 1. The fourth-order valence-corrected chi connectivity index (χ4v) is 3.51. The van der Waals surface area contributed by atoms with E-state index in [1.165, 1.54) is 0 Å². The predicted octanol–water partition coefficient (Wildman–Crippen LogP) is 3.74. The molecule has 0 unspecified atom stereocenters. The summed E-state index contributed by atoms with van der Waals surface area (Å²) < 4.78 is 33.4. The molecule has 0 spiro atoms. The number of nitrogens with one attached hydrogen (secondary N) is 1. The first-order chi connectivity index (χ1) is 11.5. The SMILES string of the molecule is CCOc1ccc(NS(=O)(=O)c2ccc(C)cc2)c2cccnc12. The minimum atomic E-state index is -3.67. The van der Waals surface area contributed by atoms with Gasteiger partial charge in [0.2, 0.25) is 0 Å². The van der Waals surface area contributed by atoms with E-state index in [4.69, 9.17) is 4.74 Å². The summed E-state index contributed by atoms with van der Waals surface area (Å²) in [6, 6.07) is 13.7. The van der Waals surface area contributed by atoms with Crippen LogP contribution in [0.3, 0.4) is 0 Å². The van der Waals surface area contributed by atoms with Crippen molar-refractivity contribution in [1.29, 1.82) is 0 Å². The molecule has 1 N–H and O–H groups in total. The molecule has 1 heterocycles. The second kappa shape index (κ2) is 6.49. The zero-order valence-electron chi connectivity index (χ0n) is 13.5. The Morgan fingerprint density at radius 2 is 1.83 bits per heavy atom. The summed E-state index contributed by atoms with van der Waals surface area (Å²) in [5.74, 6) is 0.631. The summed E-state index contributed by atoms with van der Waals surface area (Å²) >= 11 is 0. The lowest BCUT2D eigenvalue weighted by atomic mass is 10.2. The second-order valence-electron chi connectivity index (χ2n) is 5.36. The zero-order chi connectivity index (χ0) is 17.2. The number of benzene rings is 2. The van der Waals surface area contributed by atoms with Crippen LogP contribution in [0, 0.1) is 6.92 Å². The first kappa shape index (κ1) is 16.3. The molecular weight excluding hydrogens is 324 g/mol. The molecule has 2 aromatic carbocycles. The lowest BCUT2D eigenvalue weighted by Crippen LogP contribution is -2.13. The van der Waals surface area contributed by atoms with E-state index in [1.807, 2.05) is 19.9 Å². The van der Waals surface area contributed by atoms with Crippen molar-refractivity contribution in [3.8, 4) is 5.75 Å². The zero-order valence-corrected chi connectivity index (χ0v) is 14.3. The highest BCUT2D eigenvalue weighted by atomic mass is 32.2. The standard InChI is InChI=1S/C18H18N2O3S/c1-3-23-17-11-10-16(15-5-4-12-19-18(15)17)20-24(21,22)14-8-6-13(2)7-9-14/h4-12,20H,3H2,1-2H3. The Hall–Kier alpha value is -2.60. The molecule has 0 aliphatic carbocycles. The van der Waals surface area contributed by atoms with Gasteiger partial charge in [0.25, 0.3) is 10.0 Å². The molecule has 24 heavy (non-hydrogen) atoms. The maximum absolute atomic E-state index is 12.6. The van der Waals surface area contributed by atoms with Crippen LogP contribution < -0.4 is 9.46 Å². The van der Waals surface area contributed by atoms with Crippen LogP contribution in [0.25, 0.3) is 10.9 Å². The fraction of sp³-hybridized carbons (Fsp3) is 0.167. The normalized spacial score (nSPS) is 11.4. The highest BCUT2D eigenvalue weighted by Crippen LogP contribution is 2.31. The van der Waals surface area contributed by atoms with Crippen molar-refractivity contribution in [2.75, 3.05) is 11.3 Å². The quantitative estimate of drug-likeness (QED) is 0.767. The van der Waals surface area contributed by atoms with Crippen LogP contribution in [0.1, 0.15) is 12.5 Å². The van der Waals surface area contributed by atoms with Crippen LogP contribution >= 0.6 is 0 Å². The van der Waals surface area contributed by atoms with Gasteiger partial charge < -0.3 is 4.74 Å². The lowest BCUT2D eigenvalue weighted by molar-refractivity contribution is 0.343. The van der Waals surface area contributed by atoms with Gasteiger partial charge in [0, 0.05) is 11.6 Å². The van der Waals surface area contributed by atoms with E-state index < -0.39 is 10.0 Å². The van der Waals surface area contributed by atoms with E-state index >= 15 is 0 Å². The molecule has 0 aliphatic rings. The highest BCUT2D eigenvalue weighted by molar-refractivity contribution is 7.92. The van der Waals surface area contributed by atoms with E-state index in [9.17, 15) is 8.42 Å². The van der Waals surface area contributed by atoms with Crippen molar-refractivity contribution in [3.05, 3.63) is 60.3 Å². The van der Waals surface area contributed by atoms with Gasteiger partial charge in [-0.2, -0.15) is 0 Å². The van der Waals surface area contributed by atoms with Gasteiger partial charge in [0.1, 0.15) is 11.3 Å². The number of ether oxygens (including phenoxy) is 1. The maximum atomic E-state index is 12.6. The minimum absolute atomic E-state index is 0.221. The number of aryl methyl sites for hydroxylation is 1. The molecule has 0 saturated carbocycles. The summed E-state index contributed by atoms with van der Waals surface area (Å²) in [4.78, 5) is 4.54. The summed E-state index contributed by atoms with van der Waals surface area (Å²) in [5.41, 5.74) is 2.11. The number of pyridine rings is 1. The van der Waals surface area contributed by atoms with Crippen molar-refractivity contribution in [2.45, 2.75) is 18.7 Å². The van der Waals surface area contributed by atoms with Crippen LogP contribution in [-0.2, 0) is 10.0 Å². The van der Waals surface area contributed by atoms with E-state index in [1.54, 1.807) is 48.7 Å². The van der Waals surface area contributed by atoms with Gasteiger partial charge >= 0.3 is 0 Å². The Kier molecular flexibility index (Phi) is 4.40. The Balaban J connectivity index is 2.04. The molecule has 6 heteroatoms. The average molecular weight is 342 g/mol. The largest absolute Gasteiger partial charge is 0.492 e. The predicted molar refractivity (Wildman–Crippen MR) is 94.9 cm³/mol. The Morgan fingerprint density at radius 1 is 1.08 bits per heavy atom. The van der Waals surface area contributed by atoms with Gasteiger partial charge in [0.05, 0.1) is 17.2 Å². The van der Waals surface area contributed by atoms with Crippen LogP contribution in [0.15, 0.2) is 59.6 Å². The number of fused-ring (bicyclic) bond motifs is 1. The highest BCUT2D eigenvalue weighted by Gasteiger charge is 2.16. The van der Waals surface area contributed by atoms with Crippen molar-refractivity contribution in [1.82, 2.24) is 4.98 Å². The van der Waals surface area contributed by atoms with Gasteiger partial charge in [-0.25, -0.2) is 8.42 Å². The van der Waals surface area contributed by atoms with E-state index in [0.717, 1.165) is 5.56 Å². The van der Waals surface area contributed by atoms with E-state index in [2.05, 4.69) is 9.71 Å². The molecule has 3 aromatic rings. The van der Waals surface area contributed by atoms with Crippen LogP contribution in [0.5, 0.6) is 5.75 Å². The van der Waals surface area contributed by atoms with Crippen molar-refractivity contribution in [2.24, 2.45) is 0 Å². The van der Waals surface area contributed by atoms with Gasteiger partial charge in [-0.15, -0.1) is 0 Å². The molecule has 0 aliphatic heterocycles. The molecule has 0 fully saturated rings. The third-order valence-corrected chi connectivity index (χ3v) is 4.99. The van der Waals surface area contributed by atoms with Gasteiger partial charge in [-0.1, -0.05) is 17.7 Å². The van der Waals surface area contributed by atoms with E-state index in [-0.39, 0.29) is 4.90 Å². The molecule has 0 saturated heterocycles. The summed E-state index contributed by atoms with van der Waals surface area (Å²) in [6.45, 7) is 4.32. The molecule has 0 amide bonds. The van der Waals surface area contributed by atoms with Crippen molar-refractivity contribution >= 4 is 26.6 Å². The smallest absolute Gasteiger partial charge is 0.261 e. The maximum Gasteiger partial charge on any atom is 0.261 e. The number of sulfonamides is 1. The second-order valence-corrected chi connectivity index (χ2v) is 7.04. The summed E-state index contributed by atoms with van der Waals surface area (Å²) in [6.07, 6.45) is 1.66. The molecule has 1 aromatic heterocycles. The third kappa shape index (κ3) is 3.19. The van der Waals surface area contributed by atoms with Gasteiger partial charge in [0.15, 0.2) is 0 Å². The molecule has 124 valence electrons. The Bertz CT molecular complexity index is 967. The molecule has 0 bridgehead atoms. The number of nitrogens with zero attached hydrogens (tertiary/aromatic N) is 1. The van der Waals surface area contributed by atoms with Crippen LogP contribution in [-0.4, -0.2) is 20.0 Å². The molecule has 0 atom stereocenters. The number of hydrogen-bond acceptors (Lipinski definition) is 4. The van der Waals surface area contributed by atoms with E-state index in [0.29, 0.717) is 28.9 Å². The number of aromatic nitrogens is 1. The minimum Gasteiger partial charge on any atom is -0.492 e. The lowest BCUT2D eigenvalue weighted by Gasteiger charge is -2.13. The number of rotatable bonds is 5. The van der Waals surface area contributed by atoms with Crippen LogP contribution in [0.4, 0.5) is 5.69 Å². The third-order valence-electron chi connectivity index (χ3n) is 3.61. The number of hydrogen-bond donors (Lipinski definition) is 1. The summed E-state index contributed by atoms with van der Waals surface area (Å²) in [5, 5.41) is 0.694. The topological polar surface area (TPSA) is 68.3 Å². The summed E-state index contributed by atoms with van der Waals surface area (Å²) in [7, 11) is -3.67. The first-order valence-electron chi connectivity index (χ1n) is 7.61. The molecule has 0 radical (unpaired) electrons. The van der Waals surface area contributed by atoms with Crippen molar-refractivity contribution < 1.29 is 13.2 Å². The fourth-order valence-electron chi connectivity index (χ4n) is 2.43. The van der Waals surface area contributed by atoms with Gasteiger partial charge in [-0.05, 0) is 50.2 Å². The van der Waals surface area contributed by atoms with Crippen LogP contribution in [0.2, 0.25) is 0 Å². The van der Waals surface area contributed by atoms with Crippen molar-refractivity contribution in [3.63, 3.8) is 0 Å².